The summed E-state index contributed by atoms with van der Waals surface area (Å²) >= 11 is 0. The first-order chi connectivity index (χ1) is 9.33. The molecular weight excluding hydrogens is 264 g/mol. The van der Waals surface area contributed by atoms with Gasteiger partial charge in [0.2, 0.25) is 11.8 Å². The summed E-state index contributed by atoms with van der Waals surface area (Å²) in [6, 6.07) is 2.15. The molecule has 0 aliphatic carbocycles. The number of rotatable bonds is 4. The van der Waals surface area contributed by atoms with Gasteiger partial charge in [-0.05, 0) is 12.1 Å². The lowest BCUT2D eigenvalue weighted by molar-refractivity contribution is 0.0926. The van der Waals surface area contributed by atoms with Crippen molar-refractivity contribution in [3.8, 4) is 0 Å². The lowest BCUT2D eigenvalue weighted by atomic mass is 9.96. The van der Waals surface area contributed by atoms with E-state index in [1.165, 1.54) is 14.1 Å². The van der Waals surface area contributed by atoms with Crippen molar-refractivity contribution in [3.63, 3.8) is 0 Å². The first kappa shape index (κ1) is 15.2. The van der Waals surface area contributed by atoms with E-state index in [4.69, 9.17) is 11.5 Å². The second-order valence-electron chi connectivity index (χ2n) is 3.83. The van der Waals surface area contributed by atoms with Gasteiger partial charge in [-0.25, -0.2) is 0 Å². The van der Waals surface area contributed by atoms with Gasteiger partial charge in [0.1, 0.15) is 0 Å². The summed E-state index contributed by atoms with van der Waals surface area (Å²) in [5, 5.41) is 4.66. The maximum atomic E-state index is 11.8. The Bertz CT molecular complexity index is 557. The predicted octanol–water partition coefficient (Wildman–Crippen LogP) is -1.40. The van der Waals surface area contributed by atoms with Crippen molar-refractivity contribution in [2.24, 2.45) is 11.5 Å². The van der Waals surface area contributed by atoms with Crippen molar-refractivity contribution in [2.75, 3.05) is 14.1 Å². The van der Waals surface area contributed by atoms with E-state index in [1.807, 2.05) is 0 Å². The van der Waals surface area contributed by atoms with Gasteiger partial charge in [0.25, 0.3) is 11.8 Å². The second kappa shape index (κ2) is 5.83. The van der Waals surface area contributed by atoms with E-state index < -0.39 is 23.6 Å². The van der Waals surface area contributed by atoms with Crippen LogP contribution in [0.2, 0.25) is 0 Å². The second-order valence-corrected chi connectivity index (χ2v) is 3.83. The highest BCUT2D eigenvalue weighted by Crippen LogP contribution is 2.17. The Morgan fingerprint density at radius 3 is 1.25 bits per heavy atom. The molecule has 8 nitrogen and oxygen atoms in total. The molecule has 0 bridgehead atoms. The van der Waals surface area contributed by atoms with Gasteiger partial charge >= 0.3 is 0 Å². The number of benzene rings is 1. The molecule has 20 heavy (non-hydrogen) atoms. The number of amides is 4. The zero-order chi connectivity index (χ0) is 15.4. The van der Waals surface area contributed by atoms with Crippen molar-refractivity contribution in [1.29, 1.82) is 0 Å². The average molecular weight is 278 g/mol. The lowest BCUT2D eigenvalue weighted by Crippen LogP contribution is -2.29. The van der Waals surface area contributed by atoms with Crippen LogP contribution in [0.15, 0.2) is 12.1 Å². The maximum Gasteiger partial charge on any atom is 0.251 e. The number of hydrogen-bond acceptors (Lipinski definition) is 4. The lowest BCUT2D eigenvalue weighted by Gasteiger charge is -2.11. The van der Waals surface area contributed by atoms with Gasteiger partial charge < -0.3 is 22.1 Å². The molecule has 0 fully saturated rings. The van der Waals surface area contributed by atoms with Crippen LogP contribution in [0.1, 0.15) is 41.4 Å². The molecule has 1 aromatic carbocycles. The Morgan fingerprint density at radius 2 is 1.05 bits per heavy atom. The summed E-state index contributed by atoms with van der Waals surface area (Å²) in [5.41, 5.74) is 9.69. The predicted molar refractivity (Wildman–Crippen MR) is 70.3 cm³/mol. The molecule has 0 aliphatic rings. The standard InChI is InChI=1S/C12H14N4O4/c1-15-11(19)7-3-5(9(13)17)6(10(14)18)4-8(7)12(20)16-2/h3-4H,1-2H3,(H2,13,17)(H2,14,18)(H,15,19)(H,16,20). The van der Waals surface area contributed by atoms with Crippen LogP contribution in [0.25, 0.3) is 0 Å². The van der Waals surface area contributed by atoms with Crippen molar-refractivity contribution >= 4 is 23.6 Å². The quantitative estimate of drug-likeness (QED) is 0.537. The van der Waals surface area contributed by atoms with Crippen LogP contribution in [0.4, 0.5) is 0 Å². The van der Waals surface area contributed by atoms with Crippen molar-refractivity contribution in [2.45, 2.75) is 0 Å². The van der Waals surface area contributed by atoms with E-state index >= 15 is 0 Å². The molecular formula is C12H14N4O4. The normalized spacial score (nSPS) is 9.70. The number of carbonyl (C=O) groups is 4. The third-order valence-corrected chi connectivity index (χ3v) is 2.63. The van der Waals surface area contributed by atoms with E-state index in [1.54, 1.807) is 0 Å². The summed E-state index contributed by atoms with van der Waals surface area (Å²) in [7, 11) is 2.73. The Labute approximate surface area is 114 Å². The Kier molecular flexibility index (Phi) is 4.42. The molecule has 106 valence electrons. The molecule has 4 amide bonds. The van der Waals surface area contributed by atoms with Gasteiger partial charge in [-0.3, -0.25) is 19.2 Å². The molecule has 0 atom stereocenters. The molecule has 1 aromatic rings. The Hall–Kier alpha value is -2.90. The molecule has 0 aliphatic heterocycles. The summed E-state index contributed by atoms with van der Waals surface area (Å²) in [4.78, 5) is 46.1. The fourth-order valence-electron chi connectivity index (χ4n) is 1.65. The molecule has 0 aromatic heterocycles. The van der Waals surface area contributed by atoms with Gasteiger partial charge in [-0.15, -0.1) is 0 Å². The third-order valence-electron chi connectivity index (χ3n) is 2.63. The van der Waals surface area contributed by atoms with Crippen LogP contribution < -0.4 is 22.1 Å². The highest BCUT2D eigenvalue weighted by Gasteiger charge is 2.23. The van der Waals surface area contributed by atoms with Crippen LogP contribution in [0.5, 0.6) is 0 Å². The van der Waals surface area contributed by atoms with E-state index in [9.17, 15) is 19.2 Å². The number of hydrogen-bond donors (Lipinski definition) is 4. The summed E-state index contributed by atoms with van der Waals surface area (Å²) in [6.07, 6.45) is 0. The van der Waals surface area contributed by atoms with Crippen molar-refractivity contribution < 1.29 is 19.2 Å². The largest absolute Gasteiger partial charge is 0.366 e. The first-order valence-electron chi connectivity index (χ1n) is 5.55. The monoisotopic (exact) mass is 278 g/mol. The SMILES string of the molecule is CNC(=O)c1cc(C(N)=O)c(C(N)=O)cc1C(=O)NC. The van der Waals surface area contributed by atoms with Gasteiger partial charge in [-0.2, -0.15) is 0 Å². The van der Waals surface area contributed by atoms with E-state index in [0.717, 1.165) is 12.1 Å². The molecule has 0 unspecified atom stereocenters. The van der Waals surface area contributed by atoms with Gasteiger partial charge in [0, 0.05) is 14.1 Å². The summed E-state index contributed by atoms with van der Waals surface area (Å²) in [6.45, 7) is 0. The van der Waals surface area contributed by atoms with E-state index in [0.29, 0.717) is 0 Å². The highest BCUT2D eigenvalue weighted by atomic mass is 16.2. The highest BCUT2D eigenvalue weighted by molar-refractivity contribution is 6.13. The van der Waals surface area contributed by atoms with Crippen LogP contribution in [0.3, 0.4) is 0 Å². The first-order valence-corrected chi connectivity index (χ1v) is 5.55. The smallest absolute Gasteiger partial charge is 0.251 e. The van der Waals surface area contributed by atoms with Crippen molar-refractivity contribution in [3.05, 3.63) is 34.4 Å². The zero-order valence-electron chi connectivity index (χ0n) is 10.9. The average Bonchev–Trinajstić information content (AvgIpc) is 2.43. The fourth-order valence-corrected chi connectivity index (χ4v) is 1.65. The molecule has 6 N–H and O–H groups in total. The topological polar surface area (TPSA) is 144 Å². The third kappa shape index (κ3) is 2.74. The number of nitrogens with one attached hydrogen (secondary N) is 2. The minimum absolute atomic E-state index is 0.0781. The molecule has 8 heteroatoms. The van der Waals surface area contributed by atoms with Crippen LogP contribution in [-0.2, 0) is 0 Å². The Balaban J connectivity index is 3.69. The van der Waals surface area contributed by atoms with E-state index in [2.05, 4.69) is 10.6 Å². The Morgan fingerprint density at radius 1 is 0.750 bits per heavy atom. The molecule has 1 rings (SSSR count). The summed E-state index contributed by atoms with van der Waals surface area (Å²) in [5.74, 6) is -3.04. The number of primary amides is 2. The van der Waals surface area contributed by atoms with Crippen LogP contribution in [0, 0.1) is 0 Å². The number of carbonyl (C=O) groups excluding carboxylic acids is 4. The van der Waals surface area contributed by atoms with Gasteiger partial charge in [-0.1, -0.05) is 0 Å². The number of nitrogens with two attached hydrogens (primary N) is 2. The fraction of sp³-hybridized carbons (Fsp3) is 0.167. The maximum absolute atomic E-state index is 11.8. The minimum atomic E-state index is -0.924. The van der Waals surface area contributed by atoms with Gasteiger partial charge in [0.15, 0.2) is 0 Å². The molecule has 0 spiro atoms. The van der Waals surface area contributed by atoms with Crippen molar-refractivity contribution in [1.82, 2.24) is 10.6 Å². The van der Waals surface area contributed by atoms with Gasteiger partial charge in [0.05, 0.1) is 22.3 Å². The van der Waals surface area contributed by atoms with E-state index in [-0.39, 0.29) is 22.3 Å². The zero-order valence-corrected chi connectivity index (χ0v) is 10.9. The molecule has 0 radical (unpaired) electrons. The summed E-state index contributed by atoms with van der Waals surface area (Å²) < 4.78 is 0. The minimum Gasteiger partial charge on any atom is -0.366 e. The van der Waals surface area contributed by atoms with Crippen LogP contribution >= 0.6 is 0 Å². The van der Waals surface area contributed by atoms with Crippen LogP contribution in [-0.4, -0.2) is 37.7 Å². The molecule has 0 heterocycles. The molecule has 0 saturated carbocycles. The molecule has 0 saturated heterocycles.